The summed E-state index contributed by atoms with van der Waals surface area (Å²) < 4.78 is 11.3. The number of nitrogens with one attached hydrogen (secondary N) is 1. The third-order valence-electron chi connectivity index (χ3n) is 4.47. The molecule has 0 aliphatic rings. The van der Waals surface area contributed by atoms with Gasteiger partial charge in [-0.25, -0.2) is 0 Å². The van der Waals surface area contributed by atoms with Crippen molar-refractivity contribution >= 4 is 17.2 Å². The molecule has 2 heterocycles. The number of ether oxygens (including phenoxy) is 1. The van der Waals surface area contributed by atoms with E-state index < -0.39 is 5.60 Å². The second-order valence-corrected chi connectivity index (χ2v) is 7.36. The molecule has 1 amide bonds. The van der Waals surface area contributed by atoms with E-state index in [0.29, 0.717) is 27.7 Å². The lowest BCUT2D eigenvalue weighted by atomic mass is 9.98. The van der Waals surface area contributed by atoms with Crippen LogP contribution in [0.25, 0.3) is 0 Å². The molecule has 0 saturated heterocycles. The summed E-state index contributed by atoms with van der Waals surface area (Å²) >= 11 is 1.39. The van der Waals surface area contributed by atoms with E-state index in [-0.39, 0.29) is 12.5 Å². The van der Waals surface area contributed by atoms with Crippen molar-refractivity contribution in [2.75, 3.05) is 6.54 Å². The van der Waals surface area contributed by atoms with Crippen molar-refractivity contribution < 1.29 is 19.1 Å². The van der Waals surface area contributed by atoms with E-state index in [4.69, 9.17) is 9.15 Å². The molecule has 0 bridgehead atoms. The highest BCUT2D eigenvalue weighted by atomic mass is 32.1. The summed E-state index contributed by atoms with van der Waals surface area (Å²) in [6, 6.07) is 23.3. The second-order valence-electron chi connectivity index (χ2n) is 6.41. The standard InChI is InChI=1S/C23H19NO4S/c25-22(18-10-4-5-11-19(18)28-17-8-2-1-3-9-17)24-16-23(26,20-12-6-14-27-20)21-13-7-15-29-21/h1-15,26H,16H2,(H,24,25). The molecular formula is C23H19NO4S. The molecule has 1 atom stereocenters. The second kappa shape index (κ2) is 8.34. The summed E-state index contributed by atoms with van der Waals surface area (Å²) in [6.07, 6.45) is 1.50. The van der Waals surface area contributed by atoms with E-state index in [1.54, 1.807) is 36.4 Å². The fraction of sp³-hybridized carbons (Fsp3) is 0.0870. The van der Waals surface area contributed by atoms with E-state index in [9.17, 15) is 9.90 Å². The number of carbonyl (C=O) groups excluding carboxylic acids is 1. The van der Waals surface area contributed by atoms with Gasteiger partial charge < -0.3 is 19.6 Å². The minimum atomic E-state index is -1.46. The number of para-hydroxylation sites is 2. The fourth-order valence-electron chi connectivity index (χ4n) is 2.99. The van der Waals surface area contributed by atoms with Gasteiger partial charge in [0.1, 0.15) is 17.3 Å². The van der Waals surface area contributed by atoms with E-state index in [0.717, 1.165) is 0 Å². The minimum Gasteiger partial charge on any atom is -0.466 e. The Morgan fingerprint density at radius 1 is 1.00 bits per heavy atom. The highest BCUT2D eigenvalue weighted by molar-refractivity contribution is 7.10. The van der Waals surface area contributed by atoms with Crippen LogP contribution in [-0.4, -0.2) is 17.6 Å². The minimum absolute atomic E-state index is 0.0421. The Morgan fingerprint density at radius 3 is 2.52 bits per heavy atom. The van der Waals surface area contributed by atoms with Gasteiger partial charge >= 0.3 is 0 Å². The molecule has 2 N–H and O–H groups in total. The summed E-state index contributed by atoms with van der Waals surface area (Å²) in [4.78, 5) is 13.6. The number of hydrogen-bond donors (Lipinski definition) is 2. The number of carbonyl (C=O) groups is 1. The van der Waals surface area contributed by atoms with Gasteiger partial charge in [-0.3, -0.25) is 4.79 Å². The fourth-order valence-corrected chi connectivity index (χ4v) is 3.81. The van der Waals surface area contributed by atoms with Gasteiger partial charge in [0.25, 0.3) is 5.91 Å². The number of hydrogen-bond acceptors (Lipinski definition) is 5. The zero-order valence-corrected chi connectivity index (χ0v) is 16.3. The molecule has 0 fully saturated rings. The van der Waals surface area contributed by atoms with Crippen molar-refractivity contribution in [1.82, 2.24) is 5.32 Å². The van der Waals surface area contributed by atoms with Gasteiger partial charge in [-0.1, -0.05) is 36.4 Å². The Hall–Kier alpha value is -3.35. The van der Waals surface area contributed by atoms with Gasteiger partial charge in [0, 0.05) is 4.88 Å². The molecule has 0 radical (unpaired) electrons. The summed E-state index contributed by atoms with van der Waals surface area (Å²) in [5.41, 5.74) is -1.08. The van der Waals surface area contributed by atoms with Crippen molar-refractivity contribution in [3.63, 3.8) is 0 Å². The van der Waals surface area contributed by atoms with E-state index >= 15 is 0 Å². The first kappa shape index (κ1) is 19.0. The molecule has 0 spiro atoms. The normalized spacial score (nSPS) is 12.9. The molecule has 5 nitrogen and oxygen atoms in total. The Balaban J connectivity index is 1.55. The lowest BCUT2D eigenvalue weighted by molar-refractivity contribution is 0.0553. The van der Waals surface area contributed by atoms with Crippen molar-refractivity contribution in [3.8, 4) is 11.5 Å². The molecule has 2 aromatic heterocycles. The van der Waals surface area contributed by atoms with E-state index in [2.05, 4.69) is 5.32 Å². The molecule has 4 aromatic rings. The van der Waals surface area contributed by atoms with Crippen LogP contribution in [0, 0.1) is 0 Å². The van der Waals surface area contributed by atoms with Crippen LogP contribution < -0.4 is 10.1 Å². The van der Waals surface area contributed by atoms with Gasteiger partial charge in [0.2, 0.25) is 0 Å². The molecular weight excluding hydrogens is 386 g/mol. The third-order valence-corrected chi connectivity index (χ3v) is 5.49. The van der Waals surface area contributed by atoms with Crippen LogP contribution in [0.4, 0.5) is 0 Å². The average molecular weight is 405 g/mol. The number of amides is 1. The van der Waals surface area contributed by atoms with Crippen LogP contribution in [0.15, 0.2) is 94.9 Å². The SMILES string of the molecule is O=C(NCC(O)(c1ccco1)c1cccs1)c1ccccc1Oc1ccccc1. The predicted molar refractivity (Wildman–Crippen MR) is 111 cm³/mol. The lowest BCUT2D eigenvalue weighted by Crippen LogP contribution is -2.41. The molecule has 1 unspecified atom stereocenters. The van der Waals surface area contributed by atoms with Gasteiger partial charge in [0.05, 0.1) is 18.4 Å². The Kier molecular flexibility index (Phi) is 5.46. The first-order chi connectivity index (χ1) is 14.2. The maximum Gasteiger partial charge on any atom is 0.255 e. The number of furan rings is 1. The Labute approximate surface area is 172 Å². The van der Waals surface area contributed by atoms with Gasteiger partial charge in [0.15, 0.2) is 5.60 Å². The quantitative estimate of drug-likeness (QED) is 0.463. The highest BCUT2D eigenvalue weighted by Gasteiger charge is 2.36. The van der Waals surface area contributed by atoms with Gasteiger partial charge in [-0.05, 0) is 47.8 Å². The van der Waals surface area contributed by atoms with E-state index in [1.807, 2.05) is 47.8 Å². The van der Waals surface area contributed by atoms with Crippen LogP contribution in [0.1, 0.15) is 21.0 Å². The molecule has 4 rings (SSSR count). The Morgan fingerprint density at radius 2 is 1.79 bits per heavy atom. The molecule has 29 heavy (non-hydrogen) atoms. The van der Waals surface area contributed by atoms with Crippen LogP contribution >= 0.6 is 11.3 Å². The van der Waals surface area contributed by atoms with Crippen LogP contribution in [0.5, 0.6) is 11.5 Å². The van der Waals surface area contributed by atoms with Crippen molar-refractivity contribution in [1.29, 1.82) is 0 Å². The molecule has 0 aliphatic heterocycles. The first-order valence-corrected chi connectivity index (χ1v) is 9.95. The number of benzene rings is 2. The smallest absolute Gasteiger partial charge is 0.255 e. The zero-order chi connectivity index (χ0) is 20.1. The maximum absolute atomic E-state index is 12.9. The summed E-state index contributed by atoms with van der Waals surface area (Å²) in [5.74, 6) is 1.10. The molecule has 0 saturated carbocycles. The van der Waals surface area contributed by atoms with Crippen molar-refractivity contribution in [2.24, 2.45) is 0 Å². The number of thiophene rings is 1. The predicted octanol–water partition coefficient (Wildman–Crippen LogP) is 4.80. The topological polar surface area (TPSA) is 71.7 Å². The van der Waals surface area contributed by atoms with Crippen molar-refractivity contribution in [2.45, 2.75) is 5.60 Å². The first-order valence-electron chi connectivity index (χ1n) is 9.07. The Bertz CT molecular complexity index is 1030. The lowest BCUT2D eigenvalue weighted by Gasteiger charge is -2.25. The van der Waals surface area contributed by atoms with Crippen LogP contribution in [0.2, 0.25) is 0 Å². The molecule has 146 valence electrons. The van der Waals surface area contributed by atoms with E-state index in [1.165, 1.54) is 17.6 Å². The molecule has 2 aromatic carbocycles. The average Bonchev–Trinajstić information content (AvgIpc) is 3.48. The zero-order valence-electron chi connectivity index (χ0n) is 15.4. The summed E-state index contributed by atoms with van der Waals surface area (Å²) in [5, 5.41) is 16.0. The molecule has 6 heteroatoms. The van der Waals surface area contributed by atoms with Gasteiger partial charge in [-0.2, -0.15) is 0 Å². The van der Waals surface area contributed by atoms with Crippen LogP contribution in [0.3, 0.4) is 0 Å². The third kappa shape index (κ3) is 4.08. The number of rotatable bonds is 7. The largest absolute Gasteiger partial charge is 0.466 e. The summed E-state index contributed by atoms with van der Waals surface area (Å²) in [7, 11) is 0. The maximum atomic E-state index is 12.9. The highest BCUT2D eigenvalue weighted by Crippen LogP contribution is 2.33. The van der Waals surface area contributed by atoms with Gasteiger partial charge in [-0.15, -0.1) is 11.3 Å². The van der Waals surface area contributed by atoms with Crippen molar-refractivity contribution in [3.05, 3.63) is 107 Å². The van der Waals surface area contributed by atoms with Crippen LogP contribution in [-0.2, 0) is 5.60 Å². The molecule has 0 aliphatic carbocycles. The number of aliphatic hydroxyl groups is 1. The summed E-state index contributed by atoms with van der Waals surface area (Å²) in [6.45, 7) is -0.0421. The monoisotopic (exact) mass is 405 g/mol.